The molecule has 0 aromatic carbocycles. The molecule has 3 rings (SSSR count). The molecule has 0 spiro atoms. The van der Waals surface area contributed by atoms with E-state index in [9.17, 15) is 5.11 Å². The second-order valence-corrected chi connectivity index (χ2v) is 13.1. The van der Waals surface area contributed by atoms with E-state index in [-0.39, 0.29) is 11.6 Å². The molecule has 27 heavy (non-hydrogen) atoms. The molecule has 2 radical (unpaired) electrons. The number of nitrogens with zero attached hydrogens (tertiary/aromatic N) is 4. The van der Waals surface area contributed by atoms with E-state index in [0.29, 0.717) is 17.0 Å². The number of nitrogens with two attached hydrogens (primary N) is 1. The molecule has 1 aliphatic heterocycles. The average molecular weight is 390 g/mol. The maximum Gasteiger partial charge on any atom is 0.224 e. The van der Waals surface area contributed by atoms with Gasteiger partial charge in [0, 0.05) is 0 Å². The van der Waals surface area contributed by atoms with Crippen LogP contribution in [0.1, 0.15) is 27.0 Å². The molecule has 0 bridgehead atoms. The molecule has 2 aromatic rings. The average Bonchev–Trinajstić information content (AvgIpc) is 3.15. The molecule has 11 heteroatoms. The fourth-order valence-corrected chi connectivity index (χ4v) is 4.24. The Balaban J connectivity index is 2.02. The zero-order valence-corrected chi connectivity index (χ0v) is 17.4. The molecule has 9 nitrogen and oxygen atoms in total. The summed E-state index contributed by atoms with van der Waals surface area (Å²) in [5.41, 5.74) is 7.47. The zero-order chi connectivity index (χ0) is 20.0. The summed E-state index contributed by atoms with van der Waals surface area (Å²) >= 11 is 0. The van der Waals surface area contributed by atoms with E-state index in [1.165, 1.54) is 6.33 Å². The van der Waals surface area contributed by atoms with E-state index in [1.807, 2.05) is 0 Å². The van der Waals surface area contributed by atoms with Gasteiger partial charge in [0.2, 0.25) is 7.98 Å². The lowest BCUT2D eigenvalue weighted by Gasteiger charge is -2.40. The topological polar surface area (TPSA) is 120 Å². The molecule has 0 amide bonds. The number of rotatable bonds is 5. The van der Waals surface area contributed by atoms with Crippen LogP contribution in [0, 0.1) is 0 Å². The van der Waals surface area contributed by atoms with Crippen molar-refractivity contribution in [1.29, 1.82) is 0 Å². The Hall–Kier alpha value is -1.53. The number of hydrogen-bond donors (Lipinski definition) is 3. The monoisotopic (exact) mass is 390 g/mol. The smallest absolute Gasteiger partial charge is 0.224 e. The van der Waals surface area contributed by atoms with E-state index in [2.05, 4.69) is 54.0 Å². The molecule has 4 atom stereocenters. The van der Waals surface area contributed by atoms with Crippen LogP contribution in [0.4, 0.5) is 5.82 Å². The quantitative estimate of drug-likeness (QED) is 0.645. The van der Waals surface area contributed by atoms with Crippen molar-refractivity contribution >= 4 is 33.3 Å². The van der Waals surface area contributed by atoms with E-state index in [1.54, 1.807) is 10.9 Å². The highest BCUT2D eigenvalue weighted by atomic mass is 28.4. The van der Waals surface area contributed by atoms with Gasteiger partial charge < -0.3 is 25.2 Å². The van der Waals surface area contributed by atoms with Crippen LogP contribution >= 0.6 is 0 Å². The first-order valence-corrected chi connectivity index (χ1v) is 11.9. The molecule has 1 fully saturated rings. The van der Waals surface area contributed by atoms with E-state index in [0.717, 1.165) is 0 Å². The highest BCUT2D eigenvalue weighted by Gasteiger charge is 2.49. The summed E-state index contributed by atoms with van der Waals surface area (Å²) in [7, 11) is 3.38. The van der Waals surface area contributed by atoms with Crippen LogP contribution in [0.3, 0.4) is 0 Å². The summed E-state index contributed by atoms with van der Waals surface area (Å²) < 4.78 is 14.4. The zero-order valence-electron chi connectivity index (χ0n) is 16.4. The molecule has 1 saturated heterocycles. The highest BCUT2D eigenvalue weighted by Crippen LogP contribution is 2.42. The van der Waals surface area contributed by atoms with Crippen molar-refractivity contribution in [3.63, 3.8) is 0 Å². The minimum absolute atomic E-state index is 0.00435. The summed E-state index contributed by atoms with van der Waals surface area (Å²) in [6.07, 6.45) is 1.48. The van der Waals surface area contributed by atoms with Crippen molar-refractivity contribution in [2.45, 2.75) is 63.4 Å². The van der Waals surface area contributed by atoms with Gasteiger partial charge in [-0.2, -0.15) is 0 Å². The van der Waals surface area contributed by atoms with Gasteiger partial charge >= 0.3 is 0 Å². The molecule has 4 N–H and O–H groups in total. The van der Waals surface area contributed by atoms with Crippen LogP contribution in [0.5, 0.6) is 0 Å². The Labute approximate surface area is 161 Å². The van der Waals surface area contributed by atoms with Crippen LogP contribution in [-0.4, -0.2) is 65.8 Å². The van der Waals surface area contributed by atoms with Crippen molar-refractivity contribution in [1.82, 2.24) is 19.5 Å². The lowest BCUT2D eigenvalue weighted by atomic mass is 10.1. The van der Waals surface area contributed by atoms with Crippen molar-refractivity contribution < 1.29 is 14.3 Å². The number of aliphatic hydroxyl groups excluding tert-OH is 1. The predicted molar refractivity (Wildman–Crippen MR) is 106 cm³/mol. The lowest BCUT2D eigenvalue weighted by Crippen LogP contribution is -2.51. The Morgan fingerprint density at radius 2 is 2.07 bits per heavy atom. The molecule has 0 saturated carbocycles. The first kappa shape index (κ1) is 20.2. The number of hydrogen-bond acceptors (Lipinski definition) is 8. The molecule has 146 valence electrons. The van der Waals surface area contributed by atoms with Gasteiger partial charge in [-0.1, -0.05) is 20.8 Å². The van der Waals surface area contributed by atoms with E-state index < -0.39 is 32.8 Å². The van der Waals surface area contributed by atoms with Crippen LogP contribution in [0.2, 0.25) is 18.1 Å². The third-order valence-corrected chi connectivity index (χ3v) is 10.1. The first-order valence-electron chi connectivity index (χ1n) is 8.94. The van der Waals surface area contributed by atoms with Crippen molar-refractivity contribution in [2.75, 3.05) is 11.8 Å². The molecular weight excluding hydrogens is 363 g/mol. The fourth-order valence-electron chi connectivity index (χ4n) is 2.94. The third-order valence-electron chi connectivity index (χ3n) is 5.59. The van der Waals surface area contributed by atoms with E-state index in [4.69, 9.17) is 22.9 Å². The van der Waals surface area contributed by atoms with Crippen molar-refractivity contribution in [2.24, 2.45) is 5.73 Å². The maximum atomic E-state index is 9.70. The number of ether oxygens (including phenoxy) is 1. The largest absolute Gasteiger partial charge is 0.421 e. The molecule has 1 aliphatic rings. The first-order chi connectivity index (χ1) is 12.6. The predicted octanol–water partition coefficient (Wildman–Crippen LogP) is 0.929. The van der Waals surface area contributed by atoms with Crippen molar-refractivity contribution in [3.05, 3.63) is 12.7 Å². The molecule has 0 aliphatic carbocycles. The number of anilines is 1. The number of nitrogens with one attached hydrogen (secondary N) is 1. The van der Waals surface area contributed by atoms with Crippen molar-refractivity contribution in [3.8, 4) is 0 Å². The summed E-state index contributed by atoms with van der Waals surface area (Å²) in [6, 6.07) is -0.472. The molecule has 0 unspecified atom stereocenters. The Morgan fingerprint density at radius 1 is 1.37 bits per heavy atom. The SMILES string of the molecule is [B]Nc1ncnc2c1ncn2[C@@H]1O[C@H](CO)[C@@H](N)[C@H]1O[Si](C)(C)C(C)(C)C. The molecule has 3 heterocycles. The number of aliphatic hydroxyl groups is 1. The molecule has 2 aromatic heterocycles. The third kappa shape index (κ3) is 3.49. The number of aromatic nitrogens is 4. The second kappa shape index (κ2) is 7.13. The maximum absolute atomic E-state index is 9.70. The standard InChI is InChI=1S/C16H27BN6O3Si/c1-16(2,3)27(4,5)26-12-10(18)9(6-24)25-15(12)23-8-21-11-13(22-17)19-7-20-14(11)23/h7-10,12,15,24H,6,18H2,1-5H3,(H,19,20,22)/t9-,10-,12-,15-/m1/s1. The van der Waals surface area contributed by atoms with Gasteiger partial charge in [0.05, 0.1) is 19.0 Å². The van der Waals surface area contributed by atoms with Gasteiger partial charge in [-0.15, -0.1) is 0 Å². The van der Waals surface area contributed by atoms with Gasteiger partial charge in [-0.3, -0.25) is 4.57 Å². The van der Waals surface area contributed by atoms with Crippen LogP contribution in [0.15, 0.2) is 12.7 Å². The van der Waals surface area contributed by atoms with Crippen LogP contribution in [-0.2, 0) is 9.16 Å². The van der Waals surface area contributed by atoms with Gasteiger partial charge in [0.25, 0.3) is 0 Å². The van der Waals surface area contributed by atoms with Gasteiger partial charge in [-0.05, 0) is 18.1 Å². The number of fused-ring (bicyclic) bond motifs is 1. The van der Waals surface area contributed by atoms with Gasteiger partial charge in [0.15, 0.2) is 20.2 Å². The lowest BCUT2D eigenvalue weighted by molar-refractivity contribution is -0.0462. The normalized spacial score (nSPS) is 26.6. The summed E-state index contributed by atoms with van der Waals surface area (Å²) in [4.78, 5) is 12.7. The summed E-state index contributed by atoms with van der Waals surface area (Å²) in [6.45, 7) is 10.6. The number of imidazole rings is 1. The summed E-state index contributed by atoms with van der Waals surface area (Å²) in [5, 5.41) is 12.2. The Kier molecular flexibility index (Phi) is 5.34. The van der Waals surface area contributed by atoms with Gasteiger partial charge in [0.1, 0.15) is 29.9 Å². The summed E-state index contributed by atoms with van der Waals surface area (Å²) in [5.74, 6) is 0.418. The van der Waals surface area contributed by atoms with Crippen LogP contribution in [0.25, 0.3) is 11.2 Å². The fraction of sp³-hybridized carbons (Fsp3) is 0.688. The Bertz CT molecular complexity index is 811. The molecular formula is C16H27BN6O3Si. The minimum atomic E-state index is -2.13. The Morgan fingerprint density at radius 3 is 2.67 bits per heavy atom. The van der Waals surface area contributed by atoms with E-state index >= 15 is 0 Å². The second-order valence-electron chi connectivity index (χ2n) is 8.36. The van der Waals surface area contributed by atoms with Gasteiger partial charge in [-0.25, -0.2) is 15.0 Å². The minimum Gasteiger partial charge on any atom is -0.421 e. The van der Waals surface area contributed by atoms with Crippen LogP contribution < -0.4 is 11.0 Å². The highest BCUT2D eigenvalue weighted by molar-refractivity contribution is 6.74.